The smallest absolute Gasteiger partial charge is 0.150 e. The van der Waals surface area contributed by atoms with E-state index in [1.54, 1.807) is 19.2 Å². The molecule has 5 rings (SSSR count). The molecule has 23 heavy (non-hydrogen) atoms. The summed E-state index contributed by atoms with van der Waals surface area (Å²) in [6.45, 7) is 0. The van der Waals surface area contributed by atoms with Gasteiger partial charge in [0.1, 0.15) is 11.5 Å². The zero-order valence-electron chi connectivity index (χ0n) is 13.2. The van der Waals surface area contributed by atoms with Crippen molar-refractivity contribution in [1.82, 2.24) is 0 Å². The van der Waals surface area contributed by atoms with Crippen molar-refractivity contribution in [3.8, 4) is 5.75 Å². The van der Waals surface area contributed by atoms with Gasteiger partial charge in [-0.2, -0.15) is 0 Å². The number of methoxy groups -OCH3 is 1. The highest BCUT2D eigenvalue weighted by molar-refractivity contribution is 14.1. The largest absolute Gasteiger partial charge is 0.507 e. The highest BCUT2D eigenvalue weighted by Gasteiger charge is 2.46. The van der Waals surface area contributed by atoms with Crippen LogP contribution in [0.25, 0.3) is 5.76 Å². The average Bonchev–Trinajstić information content (AvgIpc) is 2.52. The molecule has 0 aromatic heterocycles. The second-order valence-electron chi connectivity index (χ2n) is 7.30. The van der Waals surface area contributed by atoms with Crippen molar-refractivity contribution in [2.75, 3.05) is 7.11 Å². The molecule has 1 aromatic carbocycles. The molecule has 1 aromatic rings. The van der Waals surface area contributed by atoms with E-state index >= 15 is 0 Å². The number of ether oxygens (including phenoxy) is 1. The summed E-state index contributed by atoms with van der Waals surface area (Å²) in [6.07, 6.45) is 7.34. The Balaban J connectivity index is 1.86. The fourth-order valence-corrected chi connectivity index (χ4v) is 5.81. The Kier molecular flexibility index (Phi) is 3.90. The third-order valence-electron chi connectivity index (χ3n) is 5.97. The second-order valence-corrected chi connectivity index (χ2v) is 8.46. The van der Waals surface area contributed by atoms with E-state index in [1.165, 1.54) is 37.7 Å². The molecule has 0 saturated heterocycles. The third kappa shape index (κ3) is 2.49. The van der Waals surface area contributed by atoms with Crippen LogP contribution >= 0.6 is 22.6 Å². The molecule has 4 aliphatic carbocycles. The van der Waals surface area contributed by atoms with Gasteiger partial charge in [0.2, 0.25) is 0 Å². The number of hydrogen-bond donors (Lipinski definition) is 1. The lowest BCUT2D eigenvalue weighted by molar-refractivity contribution is 0.0675. The van der Waals surface area contributed by atoms with Crippen molar-refractivity contribution in [3.05, 3.63) is 32.4 Å². The fourth-order valence-electron chi connectivity index (χ4n) is 5.32. The van der Waals surface area contributed by atoms with Gasteiger partial charge in [0.05, 0.1) is 10.7 Å². The van der Waals surface area contributed by atoms with Gasteiger partial charge in [-0.3, -0.25) is 4.79 Å². The standard InChI is InChI=1S/C19H21IO3/c1-23-19(15-8-17(22)16(20)7-14(15)9-21)18-12-3-10-2-11(5-12)6-13(18)4-10/h7-13,22H,2-6H2,1H3. The summed E-state index contributed by atoms with van der Waals surface area (Å²) in [4.78, 5) is 11.5. The Hall–Kier alpha value is -1.04. The van der Waals surface area contributed by atoms with Crippen LogP contribution < -0.4 is 0 Å². The minimum atomic E-state index is 0.213. The summed E-state index contributed by atoms with van der Waals surface area (Å²) in [6, 6.07) is 3.44. The molecule has 0 amide bonds. The van der Waals surface area contributed by atoms with E-state index in [9.17, 15) is 9.90 Å². The second kappa shape index (κ2) is 5.80. The number of rotatable bonds is 3. The molecule has 0 spiro atoms. The molecule has 1 N–H and O–H groups in total. The van der Waals surface area contributed by atoms with Gasteiger partial charge in [0, 0.05) is 11.1 Å². The molecule has 4 heteroatoms. The van der Waals surface area contributed by atoms with Crippen LogP contribution in [0.1, 0.15) is 48.0 Å². The van der Waals surface area contributed by atoms with Crippen LogP contribution in [0.2, 0.25) is 0 Å². The lowest BCUT2D eigenvalue weighted by Gasteiger charge is -2.51. The Morgan fingerprint density at radius 1 is 1.17 bits per heavy atom. The van der Waals surface area contributed by atoms with Gasteiger partial charge in [-0.25, -0.2) is 0 Å². The van der Waals surface area contributed by atoms with E-state index in [1.807, 2.05) is 22.6 Å². The van der Waals surface area contributed by atoms with E-state index in [0.717, 1.165) is 29.4 Å². The minimum absolute atomic E-state index is 0.213. The van der Waals surface area contributed by atoms with Crippen LogP contribution in [0.15, 0.2) is 17.7 Å². The van der Waals surface area contributed by atoms with Crippen LogP contribution in [-0.2, 0) is 4.74 Å². The minimum Gasteiger partial charge on any atom is -0.507 e. The number of halogens is 1. The first-order chi connectivity index (χ1) is 11.1. The number of phenolic OH excluding ortho intramolecular Hbond substituents is 1. The topological polar surface area (TPSA) is 46.5 Å². The Bertz CT molecular complexity index is 662. The zero-order valence-corrected chi connectivity index (χ0v) is 15.4. The van der Waals surface area contributed by atoms with Gasteiger partial charge in [0.15, 0.2) is 6.29 Å². The highest BCUT2D eigenvalue weighted by atomic mass is 127. The normalized spacial score (nSPS) is 31.3. The number of phenols is 1. The first-order valence-electron chi connectivity index (χ1n) is 8.36. The van der Waals surface area contributed by atoms with Crippen LogP contribution in [0.4, 0.5) is 0 Å². The monoisotopic (exact) mass is 424 g/mol. The quantitative estimate of drug-likeness (QED) is 0.438. The van der Waals surface area contributed by atoms with Gasteiger partial charge in [-0.1, -0.05) is 0 Å². The van der Waals surface area contributed by atoms with Gasteiger partial charge < -0.3 is 9.84 Å². The lowest BCUT2D eigenvalue weighted by atomic mass is 9.54. The molecule has 0 aliphatic heterocycles. The SMILES string of the molecule is COC(=C1C2CC3CC(C2)CC1C3)c1cc(O)c(I)cc1C=O. The van der Waals surface area contributed by atoms with Crippen LogP contribution in [-0.4, -0.2) is 18.5 Å². The average molecular weight is 424 g/mol. The van der Waals surface area contributed by atoms with Crippen molar-refractivity contribution in [3.63, 3.8) is 0 Å². The van der Waals surface area contributed by atoms with Gasteiger partial charge in [-0.05, 0) is 96.1 Å². The first kappa shape index (κ1) is 15.5. The van der Waals surface area contributed by atoms with Crippen molar-refractivity contribution in [1.29, 1.82) is 0 Å². The molecule has 0 heterocycles. The predicted molar refractivity (Wildman–Crippen MR) is 97.2 cm³/mol. The molecule has 3 nitrogen and oxygen atoms in total. The molecule has 0 radical (unpaired) electrons. The fraction of sp³-hybridized carbons (Fsp3) is 0.526. The zero-order chi connectivity index (χ0) is 16.1. The van der Waals surface area contributed by atoms with E-state index < -0.39 is 0 Å². The number of hydrogen-bond acceptors (Lipinski definition) is 3. The molecular weight excluding hydrogens is 403 g/mol. The number of carbonyl (C=O) groups excluding carboxylic acids is 1. The van der Waals surface area contributed by atoms with E-state index in [0.29, 0.717) is 21.0 Å². The number of carbonyl (C=O) groups is 1. The Morgan fingerprint density at radius 3 is 2.30 bits per heavy atom. The van der Waals surface area contributed by atoms with Crippen LogP contribution in [0, 0.1) is 27.2 Å². The number of aromatic hydroxyl groups is 1. The molecule has 4 fully saturated rings. The summed E-state index contributed by atoms with van der Waals surface area (Å²) in [5.74, 6) is 4.02. The molecule has 4 aliphatic rings. The van der Waals surface area contributed by atoms with E-state index in [-0.39, 0.29) is 5.75 Å². The summed E-state index contributed by atoms with van der Waals surface area (Å²) in [7, 11) is 1.69. The van der Waals surface area contributed by atoms with Crippen molar-refractivity contribution < 1.29 is 14.6 Å². The number of benzene rings is 1. The predicted octanol–water partition coefficient (Wildman–Crippen LogP) is 4.62. The number of allylic oxidation sites excluding steroid dienone is 1. The van der Waals surface area contributed by atoms with Crippen LogP contribution in [0.3, 0.4) is 0 Å². The van der Waals surface area contributed by atoms with Gasteiger partial charge in [-0.15, -0.1) is 0 Å². The third-order valence-corrected chi connectivity index (χ3v) is 6.84. The molecule has 4 bridgehead atoms. The molecule has 4 saturated carbocycles. The maximum absolute atomic E-state index is 11.5. The molecule has 0 atom stereocenters. The van der Waals surface area contributed by atoms with Gasteiger partial charge in [0.25, 0.3) is 0 Å². The van der Waals surface area contributed by atoms with Crippen LogP contribution in [0.5, 0.6) is 5.75 Å². The Morgan fingerprint density at radius 2 is 1.78 bits per heavy atom. The maximum atomic E-state index is 11.5. The van der Waals surface area contributed by atoms with E-state index in [4.69, 9.17) is 4.74 Å². The van der Waals surface area contributed by atoms with Crippen molar-refractivity contribution >= 4 is 34.6 Å². The molecule has 122 valence electrons. The lowest BCUT2D eigenvalue weighted by Crippen LogP contribution is -2.41. The summed E-state index contributed by atoms with van der Waals surface area (Å²) >= 11 is 2.05. The van der Waals surface area contributed by atoms with E-state index in [2.05, 4.69) is 0 Å². The summed E-state index contributed by atoms with van der Waals surface area (Å²) in [5.41, 5.74) is 2.76. The number of aldehydes is 1. The molecule has 0 unspecified atom stereocenters. The highest BCUT2D eigenvalue weighted by Crippen LogP contribution is 2.58. The molecular formula is C19H21IO3. The first-order valence-corrected chi connectivity index (χ1v) is 9.44. The van der Waals surface area contributed by atoms with Crippen molar-refractivity contribution in [2.45, 2.75) is 32.1 Å². The Labute approximate surface area is 150 Å². The van der Waals surface area contributed by atoms with Gasteiger partial charge >= 0.3 is 0 Å². The summed E-state index contributed by atoms with van der Waals surface area (Å²) in [5, 5.41) is 10.1. The van der Waals surface area contributed by atoms with Crippen molar-refractivity contribution in [2.24, 2.45) is 23.7 Å². The maximum Gasteiger partial charge on any atom is 0.150 e. The summed E-state index contributed by atoms with van der Waals surface area (Å²) < 4.78 is 6.50.